The fourth-order valence-corrected chi connectivity index (χ4v) is 7.51. The minimum absolute atomic E-state index is 0.00375. The van der Waals surface area contributed by atoms with Crippen LogP contribution in [0.3, 0.4) is 0 Å². The average Bonchev–Trinajstić information content (AvgIpc) is 3.56. The number of nitrogens with zero attached hydrogens (tertiary/aromatic N) is 2. The number of likely N-dealkylation sites (tertiary alicyclic amines) is 1. The van der Waals surface area contributed by atoms with E-state index in [0.29, 0.717) is 29.5 Å². The van der Waals surface area contributed by atoms with Crippen LogP contribution in [0.2, 0.25) is 5.02 Å². The minimum atomic E-state index is -0.118. The highest BCUT2D eigenvalue weighted by Gasteiger charge is 2.59. The van der Waals surface area contributed by atoms with Gasteiger partial charge in [-0.3, -0.25) is 19.3 Å². The number of nitrogens with one attached hydrogen (secondary N) is 1. The molecular weight excluding hydrogens is 446 g/mol. The molecule has 2 saturated heterocycles. The van der Waals surface area contributed by atoms with Crippen molar-refractivity contribution in [2.24, 2.45) is 23.7 Å². The maximum absolute atomic E-state index is 13.1. The Kier molecular flexibility index (Phi) is 4.89. The van der Waals surface area contributed by atoms with Crippen LogP contribution in [-0.2, 0) is 9.59 Å². The van der Waals surface area contributed by atoms with Crippen molar-refractivity contribution in [1.29, 1.82) is 0 Å². The topological polar surface area (TPSA) is 62.1 Å². The predicted molar refractivity (Wildman–Crippen MR) is 123 cm³/mol. The number of thiophene rings is 1. The first kappa shape index (κ1) is 20.4. The van der Waals surface area contributed by atoms with E-state index in [9.17, 15) is 14.4 Å². The number of halogens is 1. The van der Waals surface area contributed by atoms with Crippen LogP contribution in [0.4, 0.5) is 0 Å². The fourth-order valence-electron chi connectivity index (χ4n) is 6.03. The number of piperazine rings is 1. The summed E-state index contributed by atoms with van der Waals surface area (Å²) in [5.41, 5.74) is 0. The minimum Gasteiger partial charge on any atom is -0.331 e. The number of carbonyl (C=O) groups is 3. The van der Waals surface area contributed by atoms with Gasteiger partial charge in [-0.05, 0) is 24.3 Å². The molecule has 32 heavy (non-hydrogen) atoms. The van der Waals surface area contributed by atoms with Gasteiger partial charge in [-0.15, -0.1) is 11.3 Å². The monoisotopic (exact) mass is 470 g/mol. The number of quaternary nitrogens is 1. The quantitative estimate of drug-likeness (QED) is 0.546. The molecule has 3 fully saturated rings. The van der Waals surface area contributed by atoms with E-state index < -0.39 is 0 Å². The van der Waals surface area contributed by atoms with Crippen LogP contribution in [0.25, 0.3) is 10.1 Å². The van der Waals surface area contributed by atoms with E-state index in [1.165, 1.54) is 21.1 Å². The number of carbonyl (C=O) groups excluding carboxylic acids is 3. The van der Waals surface area contributed by atoms with Crippen LogP contribution in [0.15, 0.2) is 36.4 Å². The smallest absolute Gasteiger partial charge is 0.265 e. The van der Waals surface area contributed by atoms with Crippen molar-refractivity contribution < 1.29 is 19.3 Å². The lowest BCUT2D eigenvalue weighted by atomic mass is 9.85. The molecular formula is C24H25ClN3O3S+. The number of hydrogen-bond acceptors (Lipinski definition) is 4. The molecule has 0 unspecified atom stereocenters. The molecule has 0 spiro atoms. The third kappa shape index (κ3) is 3.05. The number of hydrogen-bond donors (Lipinski definition) is 1. The number of benzene rings is 1. The highest BCUT2D eigenvalue weighted by molar-refractivity contribution is 7.21. The third-order valence-corrected chi connectivity index (χ3v) is 9.40. The Balaban J connectivity index is 1.05. The van der Waals surface area contributed by atoms with Crippen molar-refractivity contribution in [3.63, 3.8) is 0 Å². The zero-order chi connectivity index (χ0) is 22.0. The largest absolute Gasteiger partial charge is 0.331 e. The first-order valence-electron chi connectivity index (χ1n) is 11.4. The first-order chi connectivity index (χ1) is 15.5. The molecule has 3 amide bonds. The summed E-state index contributed by atoms with van der Waals surface area (Å²) in [5.74, 6) is 0.342. The number of fused-ring (bicyclic) bond motifs is 6. The Morgan fingerprint density at radius 1 is 1.06 bits per heavy atom. The molecule has 0 radical (unpaired) electrons. The van der Waals surface area contributed by atoms with E-state index >= 15 is 0 Å². The Labute approximate surface area is 195 Å². The molecule has 2 bridgehead atoms. The SMILES string of the molecule is O=C(c1sc2ccccc2c1Cl)N1CC[NH+](CCN2C(=O)[C@@H]3[C@H](C2=O)[C@@H]2C=C[C@@H]3C2)CC1. The molecule has 1 saturated carbocycles. The number of rotatable bonds is 4. The lowest BCUT2D eigenvalue weighted by Gasteiger charge is -2.32. The maximum atomic E-state index is 13.1. The van der Waals surface area contributed by atoms with E-state index in [1.807, 2.05) is 29.2 Å². The second-order valence-electron chi connectivity index (χ2n) is 9.36. The summed E-state index contributed by atoms with van der Waals surface area (Å²) >= 11 is 7.95. The van der Waals surface area contributed by atoms with Gasteiger partial charge in [-0.2, -0.15) is 0 Å². The Morgan fingerprint density at radius 2 is 1.72 bits per heavy atom. The van der Waals surface area contributed by atoms with Crippen molar-refractivity contribution in [2.45, 2.75) is 6.42 Å². The van der Waals surface area contributed by atoms with Gasteiger partial charge >= 0.3 is 0 Å². The summed E-state index contributed by atoms with van der Waals surface area (Å²) in [6.45, 7) is 4.15. The maximum Gasteiger partial charge on any atom is 0.265 e. The molecule has 2 aromatic rings. The van der Waals surface area contributed by atoms with Crippen LogP contribution in [0, 0.1) is 23.7 Å². The van der Waals surface area contributed by atoms with Gasteiger partial charge < -0.3 is 9.80 Å². The van der Waals surface area contributed by atoms with Gasteiger partial charge in [0.25, 0.3) is 5.91 Å². The van der Waals surface area contributed by atoms with E-state index in [1.54, 1.807) is 0 Å². The van der Waals surface area contributed by atoms with E-state index in [-0.39, 0.29) is 41.4 Å². The molecule has 4 atom stereocenters. The summed E-state index contributed by atoms with van der Waals surface area (Å²) in [5, 5.41) is 1.48. The first-order valence-corrected chi connectivity index (χ1v) is 12.6. The Hall–Kier alpha value is -2.22. The van der Waals surface area contributed by atoms with Crippen LogP contribution in [0.1, 0.15) is 16.1 Å². The Bertz CT molecular complexity index is 1120. The molecule has 6 nitrogen and oxygen atoms in total. The van der Waals surface area contributed by atoms with Gasteiger partial charge in [0.2, 0.25) is 11.8 Å². The van der Waals surface area contributed by atoms with Crippen molar-refractivity contribution in [3.05, 3.63) is 46.3 Å². The molecule has 1 aromatic carbocycles. The summed E-state index contributed by atoms with van der Waals surface area (Å²) in [6, 6.07) is 7.82. The fraction of sp³-hybridized carbons (Fsp3) is 0.458. The van der Waals surface area contributed by atoms with Crippen LogP contribution in [-0.4, -0.2) is 66.8 Å². The van der Waals surface area contributed by atoms with E-state index in [4.69, 9.17) is 11.6 Å². The molecule has 1 N–H and O–H groups in total. The van der Waals surface area contributed by atoms with Crippen LogP contribution >= 0.6 is 22.9 Å². The molecule has 166 valence electrons. The lowest BCUT2D eigenvalue weighted by molar-refractivity contribution is -0.903. The van der Waals surface area contributed by atoms with E-state index in [0.717, 1.165) is 36.1 Å². The van der Waals surface area contributed by atoms with Gasteiger partial charge in [0.05, 0.1) is 56.1 Å². The van der Waals surface area contributed by atoms with Gasteiger partial charge in [-0.1, -0.05) is 42.0 Å². The van der Waals surface area contributed by atoms with Crippen LogP contribution in [0.5, 0.6) is 0 Å². The number of amides is 3. The van der Waals surface area contributed by atoms with Gasteiger partial charge in [0.1, 0.15) is 4.88 Å². The third-order valence-electron chi connectivity index (χ3n) is 7.74. The highest BCUT2D eigenvalue weighted by atomic mass is 35.5. The number of imide groups is 1. The molecule has 6 rings (SSSR count). The zero-order valence-corrected chi connectivity index (χ0v) is 19.2. The molecule has 3 heterocycles. The van der Waals surface area contributed by atoms with Crippen molar-refractivity contribution >= 4 is 50.7 Å². The molecule has 2 aliphatic carbocycles. The second-order valence-corrected chi connectivity index (χ2v) is 10.8. The summed E-state index contributed by atoms with van der Waals surface area (Å²) in [7, 11) is 0. The zero-order valence-electron chi connectivity index (χ0n) is 17.6. The van der Waals surface area contributed by atoms with Crippen LogP contribution < -0.4 is 4.90 Å². The van der Waals surface area contributed by atoms with Gasteiger partial charge in [0.15, 0.2) is 0 Å². The van der Waals surface area contributed by atoms with E-state index in [2.05, 4.69) is 12.2 Å². The molecule has 4 aliphatic rings. The molecule has 8 heteroatoms. The normalized spacial score (nSPS) is 29.5. The summed E-state index contributed by atoms with van der Waals surface area (Å²) in [4.78, 5) is 44.1. The second kappa shape index (κ2) is 7.68. The van der Waals surface area contributed by atoms with Gasteiger partial charge in [-0.25, -0.2) is 0 Å². The summed E-state index contributed by atoms with van der Waals surface area (Å²) < 4.78 is 1.03. The standard InChI is InChI=1S/C24H24ClN3O3S/c25-20-16-3-1-2-4-17(16)32-21(20)24(31)27-10-7-26(8-11-27)9-12-28-22(29)18-14-5-6-15(13-14)19(18)23(28)30/h1-6,14-15,18-19H,7-13H2/p+1/t14-,15-,18-,19+/m1/s1. The lowest BCUT2D eigenvalue weighted by Crippen LogP contribution is -3.15. The predicted octanol–water partition coefficient (Wildman–Crippen LogP) is 1.70. The van der Waals surface area contributed by atoms with Crippen molar-refractivity contribution in [1.82, 2.24) is 9.80 Å². The van der Waals surface area contributed by atoms with Crippen molar-refractivity contribution in [3.8, 4) is 0 Å². The van der Waals surface area contributed by atoms with Gasteiger partial charge in [0, 0.05) is 10.1 Å². The molecule has 1 aromatic heterocycles. The average molecular weight is 471 g/mol. The summed E-state index contributed by atoms with van der Waals surface area (Å²) in [6.07, 6.45) is 5.22. The number of allylic oxidation sites excluding steroid dienone is 2. The highest BCUT2D eigenvalue weighted by Crippen LogP contribution is 2.52. The van der Waals surface area contributed by atoms with Crippen molar-refractivity contribution in [2.75, 3.05) is 39.3 Å². The Morgan fingerprint density at radius 3 is 2.38 bits per heavy atom. The molecule has 2 aliphatic heterocycles.